The van der Waals surface area contributed by atoms with Crippen LogP contribution in [0.2, 0.25) is 0 Å². The third-order valence-corrected chi connectivity index (χ3v) is 6.87. The number of rotatable bonds is 4. The first-order chi connectivity index (χ1) is 12.2. The first kappa shape index (κ1) is 18.7. The Labute approximate surface area is 154 Å². The molecule has 0 aromatic heterocycles. The van der Waals surface area contributed by atoms with Crippen LogP contribution in [-0.2, 0) is 14.8 Å². The number of nitrogens with zero attached hydrogens (tertiary/aromatic N) is 2. The molecule has 2 amide bonds. The Morgan fingerprint density at radius 1 is 1.12 bits per heavy atom. The van der Waals surface area contributed by atoms with Crippen molar-refractivity contribution in [3.8, 4) is 0 Å². The molecule has 1 aromatic rings. The Balaban J connectivity index is 1.68. The van der Waals surface area contributed by atoms with Gasteiger partial charge in [0.15, 0.2) is 0 Å². The first-order valence-corrected chi connectivity index (χ1v) is 10.6. The van der Waals surface area contributed by atoms with E-state index in [9.17, 15) is 18.0 Å². The van der Waals surface area contributed by atoms with E-state index in [-0.39, 0.29) is 17.9 Å². The lowest BCUT2D eigenvalue weighted by atomic mass is 9.89. The van der Waals surface area contributed by atoms with Gasteiger partial charge in [0.25, 0.3) is 5.91 Å². The average molecular weight is 379 g/mol. The number of fused-ring (bicyclic) bond motifs is 1. The number of carbonyl (C=O) groups is 2. The Morgan fingerprint density at radius 3 is 2.35 bits per heavy atom. The minimum Gasteiger partial charge on any atom is -0.356 e. The monoisotopic (exact) mass is 379 g/mol. The molecule has 0 unspecified atom stereocenters. The van der Waals surface area contributed by atoms with Gasteiger partial charge >= 0.3 is 0 Å². The molecule has 1 aliphatic carbocycles. The predicted octanol–water partition coefficient (Wildman–Crippen LogP) is 1.07. The summed E-state index contributed by atoms with van der Waals surface area (Å²) < 4.78 is 24.4. The topological polar surface area (TPSA) is 86.8 Å². The number of piperidine rings is 1. The van der Waals surface area contributed by atoms with Crippen LogP contribution in [-0.4, -0.2) is 58.1 Å². The van der Waals surface area contributed by atoms with Crippen LogP contribution in [0, 0.1) is 11.8 Å². The number of benzene rings is 1. The zero-order valence-electron chi connectivity index (χ0n) is 15.3. The van der Waals surface area contributed by atoms with Crippen molar-refractivity contribution < 1.29 is 18.0 Å². The molecule has 1 heterocycles. The predicted molar refractivity (Wildman–Crippen MR) is 99.4 cm³/mol. The molecule has 1 aromatic carbocycles. The second-order valence-corrected chi connectivity index (χ2v) is 9.36. The molecule has 1 saturated carbocycles. The zero-order valence-corrected chi connectivity index (χ0v) is 16.1. The number of hydrogen-bond donors (Lipinski definition) is 1. The van der Waals surface area contributed by atoms with E-state index in [0.717, 1.165) is 19.1 Å². The van der Waals surface area contributed by atoms with Crippen molar-refractivity contribution in [2.75, 3.05) is 31.2 Å². The number of anilines is 1. The molecule has 3 rings (SSSR count). The molecule has 8 heteroatoms. The van der Waals surface area contributed by atoms with Crippen molar-refractivity contribution in [1.29, 1.82) is 0 Å². The van der Waals surface area contributed by atoms with Crippen LogP contribution in [0.15, 0.2) is 24.3 Å². The van der Waals surface area contributed by atoms with E-state index in [1.165, 1.54) is 11.4 Å². The van der Waals surface area contributed by atoms with Gasteiger partial charge in [0.2, 0.25) is 15.9 Å². The fraction of sp³-hybridized carbons (Fsp3) is 0.556. The lowest BCUT2D eigenvalue weighted by Crippen LogP contribution is -2.38. The highest BCUT2D eigenvalue weighted by Gasteiger charge is 2.40. The second-order valence-electron chi connectivity index (χ2n) is 7.35. The van der Waals surface area contributed by atoms with E-state index in [0.29, 0.717) is 36.1 Å². The van der Waals surface area contributed by atoms with E-state index in [1.807, 2.05) is 0 Å². The molecule has 0 bridgehead atoms. The summed E-state index contributed by atoms with van der Waals surface area (Å²) in [6.45, 7) is 0.703. The molecule has 26 heavy (non-hydrogen) atoms. The van der Waals surface area contributed by atoms with Gasteiger partial charge in [-0.1, -0.05) is 0 Å². The van der Waals surface area contributed by atoms with Gasteiger partial charge in [0.1, 0.15) is 0 Å². The third-order valence-electron chi connectivity index (χ3n) is 5.67. The highest BCUT2D eigenvalue weighted by Crippen LogP contribution is 2.38. The van der Waals surface area contributed by atoms with Gasteiger partial charge in [-0.25, -0.2) is 8.42 Å². The largest absolute Gasteiger partial charge is 0.356 e. The van der Waals surface area contributed by atoms with Crippen molar-refractivity contribution in [1.82, 2.24) is 10.2 Å². The average Bonchev–Trinajstić information content (AvgIpc) is 3.02. The van der Waals surface area contributed by atoms with Crippen LogP contribution < -0.4 is 9.62 Å². The van der Waals surface area contributed by atoms with Gasteiger partial charge in [-0.05, 0) is 48.9 Å². The molecule has 3 atom stereocenters. The molecular formula is C18H25N3O4S. The number of nitrogens with one attached hydrogen (secondary N) is 1. The van der Waals surface area contributed by atoms with Crippen molar-refractivity contribution in [3.05, 3.63) is 29.8 Å². The summed E-state index contributed by atoms with van der Waals surface area (Å²) in [6.07, 6.45) is 3.45. The summed E-state index contributed by atoms with van der Waals surface area (Å²) in [5.41, 5.74) is 1.05. The summed E-state index contributed by atoms with van der Waals surface area (Å²) in [5, 5.41) is 2.91. The van der Waals surface area contributed by atoms with Crippen molar-refractivity contribution in [2.45, 2.75) is 25.3 Å². The fourth-order valence-corrected chi connectivity index (χ4v) is 4.43. The zero-order chi connectivity index (χ0) is 19.1. The molecule has 142 valence electrons. The Bertz CT molecular complexity index is 806. The van der Waals surface area contributed by atoms with Crippen LogP contribution in [0.5, 0.6) is 0 Å². The van der Waals surface area contributed by atoms with Crippen LogP contribution in [0.4, 0.5) is 5.69 Å². The van der Waals surface area contributed by atoms with Crippen LogP contribution >= 0.6 is 0 Å². The standard InChI is InChI=1S/C18H25N3O4S/c1-20(16-8-13-10-17(22)19-11-14(13)9-16)18(23)12-4-6-15(7-5-12)21(2)26(3,24)25/h4-7,13-14,16H,8-11H2,1-3H3,(H,19,22)/t13-,14+,16-/m1/s1. The molecule has 0 spiro atoms. The van der Waals surface area contributed by atoms with Gasteiger partial charge in [-0.15, -0.1) is 0 Å². The van der Waals surface area contributed by atoms with Gasteiger partial charge < -0.3 is 10.2 Å². The van der Waals surface area contributed by atoms with Gasteiger partial charge in [0, 0.05) is 38.7 Å². The Kier molecular flexibility index (Phi) is 4.96. The molecular weight excluding hydrogens is 354 g/mol. The SMILES string of the molecule is CN(C(=O)c1ccc(N(C)S(C)(=O)=O)cc1)[C@H]1C[C@H]2CNC(=O)C[C@H]2C1. The molecule has 2 fully saturated rings. The molecule has 2 aliphatic rings. The molecule has 0 radical (unpaired) electrons. The Hall–Kier alpha value is -2.09. The normalized spacial score (nSPS) is 25.3. The minimum absolute atomic E-state index is 0.0820. The number of carbonyl (C=O) groups excluding carboxylic acids is 2. The van der Waals surface area contributed by atoms with Crippen LogP contribution in [0.1, 0.15) is 29.6 Å². The van der Waals surface area contributed by atoms with E-state index in [1.54, 1.807) is 36.2 Å². The Morgan fingerprint density at radius 2 is 1.73 bits per heavy atom. The molecule has 7 nitrogen and oxygen atoms in total. The minimum atomic E-state index is -3.33. The first-order valence-electron chi connectivity index (χ1n) is 8.74. The summed E-state index contributed by atoms with van der Waals surface area (Å²) >= 11 is 0. The van der Waals surface area contributed by atoms with Crippen LogP contribution in [0.25, 0.3) is 0 Å². The summed E-state index contributed by atoms with van der Waals surface area (Å²) in [5.74, 6) is 0.821. The van der Waals surface area contributed by atoms with Crippen molar-refractivity contribution in [2.24, 2.45) is 11.8 Å². The summed E-state index contributed by atoms with van der Waals surface area (Å²) in [4.78, 5) is 26.1. The highest BCUT2D eigenvalue weighted by molar-refractivity contribution is 7.92. The van der Waals surface area contributed by atoms with E-state index >= 15 is 0 Å². The number of amides is 2. The third kappa shape index (κ3) is 3.70. The van der Waals surface area contributed by atoms with Gasteiger partial charge in [-0.3, -0.25) is 13.9 Å². The lowest BCUT2D eigenvalue weighted by molar-refractivity contribution is -0.124. The highest BCUT2D eigenvalue weighted by atomic mass is 32.2. The summed E-state index contributed by atoms with van der Waals surface area (Å²) in [7, 11) is -0.0488. The van der Waals surface area contributed by atoms with E-state index < -0.39 is 10.0 Å². The smallest absolute Gasteiger partial charge is 0.253 e. The lowest BCUT2D eigenvalue weighted by Gasteiger charge is -2.25. The maximum absolute atomic E-state index is 12.8. The van der Waals surface area contributed by atoms with Crippen LogP contribution in [0.3, 0.4) is 0 Å². The number of sulfonamides is 1. The van der Waals surface area contributed by atoms with Crippen molar-refractivity contribution >= 4 is 27.5 Å². The van der Waals surface area contributed by atoms with E-state index in [2.05, 4.69) is 5.32 Å². The van der Waals surface area contributed by atoms with Gasteiger partial charge in [-0.2, -0.15) is 0 Å². The van der Waals surface area contributed by atoms with Crippen molar-refractivity contribution in [3.63, 3.8) is 0 Å². The molecule has 1 N–H and O–H groups in total. The molecule has 1 saturated heterocycles. The maximum Gasteiger partial charge on any atom is 0.253 e. The second kappa shape index (κ2) is 6.90. The van der Waals surface area contributed by atoms with E-state index in [4.69, 9.17) is 0 Å². The maximum atomic E-state index is 12.8. The van der Waals surface area contributed by atoms with Gasteiger partial charge in [0.05, 0.1) is 11.9 Å². The number of hydrogen-bond acceptors (Lipinski definition) is 4. The quantitative estimate of drug-likeness (QED) is 0.848. The molecule has 1 aliphatic heterocycles. The summed E-state index contributed by atoms with van der Waals surface area (Å²) in [6, 6.07) is 6.72. The fourth-order valence-electron chi connectivity index (χ4n) is 3.93.